The highest BCUT2D eigenvalue weighted by molar-refractivity contribution is 5.41. The zero-order valence-electron chi connectivity index (χ0n) is 8.00. The standard InChI is InChI=1S/C9H12FNO3/c1-13-9-6(5-11-14-2)3-4-7(12)8(9)10/h3-4,11-12H,5H2,1-2H3. The first-order valence-electron chi connectivity index (χ1n) is 4.01. The van der Waals surface area contributed by atoms with E-state index in [9.17, 15) is 4.39 Å². The van der Waals surface area contributed by atoms with Gasteiger partial charge in [-0.05, 0) is 6.07 Å². The number of benzene rings is 1. The molecule has 0 radical (unpaired) electrons. The van der Waals surface area contributed by atoms with E-state index >= 15 is 0 Å². The van der Waals surface area contributed by atoms with E-state index in [1.165, 1.54) is 20.3 Å². The van der Waals surface area contributed by atoms with Crippen LogP contribution in [-0.2, 0) is 11.4 Å². The van der Waals surface area contributed by atoms with Gasteiger partial charge in [0.25, 0.3) is 0 Å². The van der Waals surface area contributed by atoms with Crippen LogP contribution in [-0.4, -0.2) is 19.3 Å². The van der Waals surface area contributed by atoms with E-state index in [2.05, 4.69) is 10.3 Å². The lowest BCUT2D eigenvalue weighted by molar-refractivity contribution is 0.0859. The van der Waals surface area contributed by atoms with Crippen molar-refractivity contribution in [2.45, 2.75) is 6.54 Å². The maximum absolute atomic E-state index is 13.2. The van der Waals surface area contributed by atoms with Crippen molar-refractivity contribution in [3.8, 4) is 11.5 Å². The van der Waals surface area contributed by atoms with E-state index in [0.29, 0.717) is 12.1 Å². The molecule has 0 aliphatic carbocycles. The van der Waals surface area contributed by atoms with Crippen molar-refractivity contribution in [3.63, 3.8) is 0 Å². The van der Waals surface area contributed by atoms with Gasteiger partial charge in [-0.1, -0.05) is 6.07 Å². The number of rotatable bonds is 4. The summed E-state index contributed by atoms with van der Waals surface area (Å²) in [6.07, 6.45) is 0. The van der Waals surface area contributed by atoms with Crippen LogP contribution in [0.2, 0.25) is 0 Å². The third-order valence-electron chi connectivity index (χ3n) is 1.77. The molecule has 0 unspecified atom stereocenters. The Balaban J connectivity index is 2.98. The quantitative estimate of drug-likeness (QED) is 0.718. The van der Waals surface area contributed by atoms with Crippen LogP contribution in [0.3, 0.4) is 0 Å². The second kappa shape index (κ2) is 4.78. The molecule has 0 spiro atoms. The summed E-state index contributed by atoms with van der Waals surface area (Å²) in [5.74, 6) is -1.17. The fourth-order valence-corrected chi connectivity index (χ4v) is 1.10. The number of ether oxygens (including phenoxy) is 1. The van der Waals surface area contributed by atoms with Gasteiger partial charge in [0, 0.05) is 12.1 Å². The third kappa shape index (κ3) is 2.12. The van der Waals surface area contributed by atoms with Crippen molar-refractivity contribution < 1.29 is 19.1 Å². The molecule has 0 saturated carbocycles. The number of halogens is 1. The Labute approximate surface area is 81.2 Å². The molecule has 1 aromatic rings. The molecule has 1 rings (SSSR count). The normalized spacial score (nSPS) is 10.2. The number of methoxy groups -OCH3 is 1. The van der Waals surface area contributed by atoms with Gasteiger partial charge in [0.1, 0.15) is 0 Å². The number of hydrogen-bond donors (Lipinski definition) is 2. The number of phenolic OH excluding ortho intramolecular Hbond substituents is 1. The van der Waals surface area contributed by atoms with Gasteiger partial charge in [-0.3, -0.25) is 0 Å². The van der Waals surface area contributed by atoms with Crippen molar-refractivity contribution in [1.82, 2.24) is 5.48 Å². The predicted molar refractivity (Wildman–Crippen MR) is 48.5 cm³/mol. The van der Waals surface area contributed by atoms with E-state index in [1.807, 2.05) is 0 Å². The molecule has 0 aliphatic rings. The molecule has 0 atom stereocenters. The first-order valence-corrected chi connectivity index (χ1v) is 4.01. The van der Waals surface area contributed by atoms with Gasteiger partial charge in [0.2, 0.25) is 5.82 Å². The maximum Gasteiger partial charge on any atom is 0.206 e. The van der Waals surface area contributed by atoms with E-state index in [-0.39, 0.29) is 5.75 Å². The molecule has 0 bridgehead atoms. The monoisotopic (exact) mass is 201 g/mol. The van der Waals surface area contributed by atoms with E-state index in [0.717, 1.165) is 0 Å². The Bertz CT molecular complexity index is 317. The Morgan fingerprint density at radius 2 is 2.14 bits per heavy atom. The van der Waals surface area contributed by atoms with Crippen molar-refractivity contribution in [2.24, 2.45) is 0 Å². The lowest BCUT2D eigenvalue weighted by Gasteiger charge is -2.10. The largest absolute Gasteiger partial charge is 0.505 e. The molecule has 1 aromatic carbocycles. The predicted octanol–water partition coefficient (Wildman–Crippen LogP) is 1.19. The zero-order chi connectivity index (χ0) is 10.6. The van der Waals surface area contributed by atoms with Gasteiger partial charge >= 0.3 is 0 Å². The molecular weight excluding hydrogens is 189 g/mol. The third-order valence-corrected chi connectivity index (χ3v) is 1.77. The Kier molecular flexibility index (Phi) is 3.67. The van der Waals surface area contributed by atoms with Gasteiger partial charge in [-0.2, -0.15) is 9.87 Å². The average Bonchev–Trinajstić information content (AvgIpc) is 2.20. The second-order valence-corrected chi connectivity index (χ2v) is 2.62. The van der Waals surface area contributed by atoms with Crippen LogP contribution >= 0.6 is 0 Å². The fraction of sp³-hybridized carbons (Fsp3) is 0.333. The van der Waals surface area contributed by atoms with Crippen LogP contribution in [0, 0.1) is 5.82 Å². The maximum atomic E-state index is 13.2. The molecule has 2 N–H and O–H groups in total. The molecule has 0 heterocycles. The van der Waals surface area contributed by atoms with Crippen molar-refractivity contribution in [3.05, 3.63) is 23.5 Å². The van der Waals surface area contributed by atoms with Gasteiger partial charge < -0.3 is 14.7 Å². The Morgan fingerprint density at radius 3 is 2.71 bits per heavy atom. The zero-order valence-corrected chi connectivity index (χ0v) is 8.00. The highest BCUT2D eigenvalue weighted by atomic mass is 19.1. The lowest BCUT2D eigenvalue weighted by atomic mass is 10.2. The number of phenols is 1. The number of nitrogens with one attached hydrogen (secondary N) is 1. The van der Waals surface area contributed by atoms with Crippen LogP contribution < -0.4 is 10.2 Å². The summed E-state index contributed by atoms with van der Waals surface area (Å²) in [7, 11) is 2.80. The summed E-state index contributed by atoms with van der Waals surface area (Å²) in [5, 5.41) is 9.07. The summed E-state index contributed by atoms with van der Waals surface area (Å²) >= 11 is 0. The minimum atomic E-state index is -0.761. The number of aromatic hydroxyl groups is 1. The molecule has 4 nitrogen and oxygen atoms in total. The summed E-state index contributed by atoms with van der Waals surface area (Å²) in [5.41, 5.74) is 3.13. The summed E-state index contributed by atoms with van der Waals surface area (Å²) < 4.78 is 18.1. The summed E-state index contributed by atoms with van der Waals surface area (Å²) in [6, 6.07) is 2.83. The highest BCUT2D eigenvalue weighted by Crippen LogP contribution is 2.29. The van der Waals surface area contributed by atoms with Gasteiger partial charge in [-0.15, -0.1) is 0 Å². The molecule has 5 heteroatoms. The first-order chi connectivity index (χ1) is 6.70. The minimum absolute atomic E-state index is 0.0227. The van der Waals surface area contributed by atoms with E-state index in [4.69, 9.17) is 9.84 Å². The Hall–Kier alpha value is -1.33. The van der Waals surface area contributed by atoms with Crippen LogP contribution in [0.4, 0.5) is 4.39 Å². The smallest absolute Gasteiger partial charge is 0.206 e. The molecule has 78 valence electrons. The number of hydrogen-bond acceptors (Lipinski definition) is 4. The SMILES string of the molecule is CONCc1ccc(O)c(F)c1OC. The van der Waals surface area contributed by atoms with Gasteiger partial charge in [0.05, 0.1) is 14.2 Å². The fourth-order valence-electron chi connectivity index (χ4n) is 1.10. The molecule has 14 heavy (non-hydrogen) atoms. The van der Waals surface area contributed by atoms with Crippen molar-refractivity contribution >= 4 is 0 Å². The van der Waals surface area contributed by atoms with Crippen LogP contribution in [0.5, 0.6) is 11.5 Å². The van der Waals surface area contributed by atoms with Crippen LogP contribution in [0.1, 0.15) is 5.56 Å². The van der Waals surface area contributed by atoms with Gasteiger partial charge in [-0.25, -0.2) is 0 Å². The minimum Gasteiger partial charge on any atom is -0.505 e. The average molecular weight is 201 g/mol. The second-order valence-electron chi connectivity index (χ2n) is 2.62. The van der Waals surface area contributed by atoms with E-state index in [1.54, 1.807) is 6.07 Å². The molecule has 0 amide bonds. The first kappa shape index (κ1) is 10.7. The van der Waals surface area contributed by atoms with Crippen molar-refractivity contribution in [1.29, 1.82) is 0 Å². The summed E-state index contributed by atoms with van der Waals surface area (Å²) in [4.78, 5) is 4.62. The molecule has 0 aromatic heterocycles. The van der Waals surface area contributed by atoms with Crippen LogP contribution in [0.25, 0.3) is 0 Å². The lowest BCUT2D eigenvalue weighted by Crippen LogP contribution is -2.12. The van der Waals surface area contributed by atoms with Crippen LogP contribution in [0.15, 0.2) is 12.1 Å². The summed E-state index contributed by atoms with van der Waals surface area (Å²) in [6.45, 7) is 0.302. The highest BCUT2D eigenvalue weighted by Gasteiger charge is 2.12. The molecular formula is C9H12FNO3. The van der Waals surface area contributed by atoms with E-state index < -0.39 is 11.6 Å². The molecule has 0 aliphatic heterocycles. The molecule has 0 fully saturated rings. The molecule has 0 saturated heterocycles. The van der Waals surface area contributed by atoms with Gasteiger partial charge in [0.15, 0.2) is 11.5 Å². The topological polar surface area (TPSA) is 50.7 Å². The van der Waals surface area contributed by atoms with Crippen molar-refractivity contribution in [2.75, 3.05) is 14.2 Å². The Morgan fingerprint density at radius 1 is 1.43 bits per heavy atom. The number of hydroxylamine groups is 1.